The number of nitrogens with zero attached hydrogens (tertiary/aromatic N) is 2. The van der Waals surface area contributed by atoms with E-state index >= 15 is 0 Å². The van der Waals surface area contributed by atoms with Gasteiger partial charge in [-0.15, -0.1) is 0 Å². The van der Waals surface area contributed by atoms with Gasteiger partial charge in [-0.3, -0.25) is 9.59 Å². The van der Waals surface area contributed by atoms with Crippen LogP contribution >= 0.6 is 0 Å². The molecule has 0 saturated heterocycles. The highest BCUT2D eigenvalue weighted by Crippen LogP contribution is 2.36. The van der Waals surface area contributed by atoms with Crippen molar-refractivity contribution >= 4 is 21.5 Å². The molecular formula is C31H31N3O6S. The molecule has 1 aliphatic carbocycles. The van der Waals surface area contributed by atoms with Crippen LogP contribution in [0.5, 0.6) is 5.75 Å². The molecule has 0 radical (unpaired) electrons. The van der Waals surface area contributed by atoms with E-state index in [0.29, 0.717) is 48.2 Å². The first-order valence-electron chi connectivity index (χ1n) is 13.4. The Hall–Kier alpha value is -4.28. The second-order valence-corrected chi connectivity index (χ2v) is 11.9. The molecule has 0 saturated carbocycles. The summed E-state index contributed by atoms with van der Waals surface area (Å²) in [6.45, 7) is 0.357. The highest BCUT2D eigenvalue weighted by atomic mass is 32.2. The van der Waals surface area contributed by atoms with Crippen molar-refractivity contribution in [2.24, 2.45) is 0 Å². The fraction of sp³-hybridized carbons (Fsp3) is 0.258. The van der Waals surface area contributed by atoms with E-state index < -0.39 is 21.8 Å². The summed E-state index contributed by atoms with van der Waals surface area (Å²) in [4.78, 5) is 29.1. The van der Waals surface area contributed by atoms with Crippen molar-refractivity contribution in [3.05, 3.63) is 113 Å². The topological polar surface area (TPSA) is 128 Å². The van der Waals surface area contributed by atoms with Gasteiger partial charge in [0.2, 0.25) is 0 Å². The Kier molecular flexibility index (Phi) is 8.61. The zero-order chi connectivity index (χ0) is 28.8. The van der Waals surface area contributed by atoms with E-state index in [2.05, 4.69) is 10.3 Å². The molecule has 9 nitrogen and oxygen atoms in total. The van der Waals surface area contributed by atoms with Crippen molar-refractivity contribution in [1.29, 1.82) is 0 Å². The minimum Gasteiger partial charge on any atom is -0.484 e. The van der Waals surface area contributed by atoms with Crippen LogP contribution < -0.4 is 10.1 Å². The summed E-state index contributed by atoms with van der Waals surface area (Å²) in [6.07, 6.45) is 6.41. The minimum absolute atomic E-state index is 0.00674. The maximum absolute atomic E-state index is 13.7. The van der Waals surface area contributed by atoms with E-state index in [-0.39, 0.29) is 35.1 Å². The number of fused-ring (bicyclic) bond motifs is 1. The lowest BCUT2D eigenvalue weighted by Crippen LogP contribution is -2.26. The average molecular weight is 574 g/mol. The molecule has 1 aliphatic rings. The molecule has 10 heteroatoms. The Labute approximate surface area is 238 Å². The van der Waals surface area contributed by atoms with Crippen LogP contribution in [-0.4, -0.2) is 47.9 Å². The number of hydrogen-bond donors (Lipinski definition) is 2. The molecule has 3 aromatic carbocycles. The number of nitrogens with one attached hydrogen (secondary N) is 1. The summed E-state index contributed by atoms with van der Waals surface area (Å²) >= 11 is 0. The predicted molar refractivity (Wildman–Crippen MR) is 152 cm³/mol. The molecule has 0 aliphatic heterocycles. The number of aliphatic hydroxyl groups is 1. The number of amides is 1. The standard InChI is InChI=1S/C31H31N3O6S/c35-18-16-33-31(37)23-9-11-24(12-10-23)41(38,39)20-27-25-7-4-8-28(36)26(25)13-14-29(27)40-30(19-34-17-15-32-21-34)22-5-2-1-3-6-22/h1-3,5-6,9-15,17,21,30,35H,4,7-8,16,18-20H2,(H,33,37). The van der Waals surface area contributed by atoms with Gasteiger partial charge in [-0.25, -0.2) is 13.4 Å². The number of ether oxygens (including phenoxy) is 1. The number of carbonyl (C=O) groups is 2. The minimum atomic E-state index is -3.87. The third-order valence-electron chi connectivity index (χ3n) is 7.10. The van der Waals surface area contributed by atoms with E-state index in [1.165, 1.54) is 24.3 Å². The first-order valence-corrected chi connectivity index (χ1v) is 15.1. The van der Waals surface area contributed by atoms with Crippen LogP contribution in [0.3, 0.4) is 0 Å². The van der Waals surface area contributed by atoms with Gasteiger partial charge in [0.25, 0.3) is 5.91 Å². The Morgan fingerprint density at radius 2 is 1.83 bits per heavy atom. The zero-order valence-corrected chi connectivity index (χ0v) is 23.2. The Balaban J connectivity index is 1.50. The fourth-order valence-electron chi connectivity index (χ4n) is 5.02. The average Bonchev–Trinajstić information content (AvgIpc) is 3.50. The molecule has 1 amide bonds. The first-order chi connectivity index (χ1) is 19.9. The summed E-state index contributed by atoms with van der Waals surface area (Å²) in [6, 6.07) is 18.8. The van der Waals surface area contributed by atoms with E-state index in [0.717, 1.165) is 5.56 Å². The van der Waals surface area contributed by atoms with Gasteiger partial charge < -0.3 is 19.7 Å². The predicted octanol–water partition coefficient (Wildman–Crippen LogP) is 3.92. The quantitative estimate of drug-likeness (QED) is 0.278. The van der Waals surface area contributed by atoms with Gasteiger partial charge >= 0.3 is 0 Å². The molecule has 4 aromatic rings. The molecule has 0 fully saturated rings. The number of aliphatic hydroxyl groups excluding tert-OH is 1. The van der Waals surface area contributed by atoms with Crippen LogP contribution in [0, 0.1) is 0 Å². The van der Waals surface area contributed by atoms with Crippen LogP contribution in [0.15, 0.2) is 90.3 Å². The van der Waals surface area contributed by atoms with E-state index in [1.54, 1.807) is 24.7 Å². The lowest BCUT2D eigenvalue weighted by Gasteiger charge is -2.25. The van der Waals surface area contributed by atoms with Crippen molar-refractivity contribution in [2.45, 2.75) is 42.6 Å². The molecule has 0 bridgehead atoms. The zero-order valence-electron chi connectivity index (χ0n) is 22.4. The van der Waals surface area contributed by atoms with Crippen molar-refractivity contribution in [2.75, 3.05) is 13.2 Å². The maximum Gasteiger partial charge on any atom is 0.251 e. The van der Waals surface area contributed by atoms with E-state index in [4.69, 9.17) is 9.84 Å². The van der Waals surface area contributed by atoms with E-state index in [9.17, 15) is 18.0 Å². The number of sulfone groups is 1. The van der Waals surface area contributed by atoms with Crippen LogP contribution in [0.2, 0.25) is 0 Å². The van der Waals surface area contributed by atoms with Gasteiger partial charge in [0.05, 0.1) is 30.1 Å². The van der Waals surface area contributed by atoms with Gasteiger partial charge in [-0.05, 0) is 60.4 Å². The summed E-state index contributed by atoms with van der Waals surface area (Å²) in [5, 5.41) is 11.5. The molecule has 41 heavy (non-hydrogen) atoms. The van der Waals surface area contributed by atoms with Crippen molar-refractivity contribution in [3.63, 3.8) is 0 Å². The summed E-state index contributed by atoms with van der Waals surface area (Å²) in [7, 11) is -3.87. The van der Waals surface area contributed by atoms with Crippen molar-refractivity contribution in [3.8, 4) is 5.75 Å². The normalized spacial score (nSPS) is 13.8. The third-order valence-corrected chi connectivity index (χ3v) is 8.76. The molecular weight excluding hydrogens is 542 g/mol. The highest BCUT2D eigenvalue weighted by molar-refractivity contribution is 7.90. The van der Waals surface area contributed by atoms with Crippen LogP contribution in [-0.2, 0) is 28.6 Å². The molecule has 1 unspecified atom stereocenters. The highest BCUT2D eigenvalue weighted by Gasteiger charge is 2.28. The lowest BCUT2D eigenvalue weighted by molar-refractivity contribution is 0.0942. The monoisotopic (exact) mass is 573 g/mol. The number of rotatable bonds is 11. The third kappa shape index (κ3) is 6.55. The molecule has 0 spiro atoms. The second-order valence-electron chi connectivity index (χ2n) is 9.88. The molecule has 212 valence electrons. The Bertz CT molecular complexity index is 1620. The summed E-state index contributed by atoms with van der Waals surface area (Å²) in [5.74, 6) is -0.357. The second kappa shape index (κ2) is 12.5. The van der Waals surface area contributed by atoms with Gasteiger partial charge in [-0.1, -0.05) is 30.3 Å². The van der Waals surface area contributed by atoms with Crippen LogP contribution in [0.4, 0.5) is 0 Å². The van der Waals surface area contributed by atoms with Gasteiger partial charge in [-0.2, -0.15) is 0 Å². The Morgan fingerprint density at radius 3 is 2.54 bits per heavy atom. The summed E-state index contributed by atoms with van der Waals surface area (Å²) in [5.41, 5.74) is 2.92. The van der Waals surface area contributed by atoms with E-state index in [1.807, 2.05) is 41.1 Å². The van der Waals surface area contributed by atoms with Crippen molar-refractivity contribution < 1.29 is 27.9 Å². The molecule has 1 heterocycles. The number of Topliss-reactive ketones (excluding diaryl/α,β-unsaturated/α-hetero) is 1. The van der Waals surface area contributed by atoms with Crippen LogP contribution in [0.1, 0.15) is 56.4 Å². The number of ketones is 1. The number of benzene rings is 3. The number of hydrogen-bond acceptors (Lipinski definition) is 7. The van der Waals surface area contributed by atoms with Gasteiger partial charge in [0.1, 0.15) is 11.9 Å². The maximum atomic E-state index is 13.7. The molecule has 5 rings (SSSR count). The first kappa shape index (κ1) is 28.3. The lowest BCUT2D eigenvalue weighted by atomic mass is 9.87. The fourth-order valence-corrected chi connectivity index (χ4v) is 6.44. The number of imidazole rings is 1. The van der Waals surface area contributed by atoms with Gasteiger partial charge in [0, 0.05) is 42.0 Å². The van der Waals surface area contributed by atoms with Gasteiger partial charge in [0.15, 0.2) is 15.6 Å². The van der Waals surface area contributed by atoms with Crippen LogP contribution in [0.25, 0.3) is 0 Å². The smallest absolute Gasteiger partial charge is 0.251 e. The number of carbonyl (C=O) groups excluding carboxylic acids is 2. The SMILES string of the molecule is O=C(NCCO)c1ccc(S(=O)(=O)Cc2c(OC(Cn3ccnc3)c3ccccc3)ccc3c2CCCC3=O)cc1. The number of aromatic nitrogens is 2. The molecule has 2 N–H and O–H groups in total. The summed E-state index contributed by atoms with van der Waals surface area (Å²) < 4.78 is 35.9. The largest absolute Gasteiger partial charge is 0.484 e. The van der Waals surface area contributed by atoms with Crippen molar-refractivity contribution in [1.82, 2.24) is 14.9 Å². The molecule has 1 aromatic heterocycles. The molecule has 1 atom stereocenters. The Morgan fingerprint density at radius 1 is 1.05 bits per heavy atom.